The van der Waals surface area contributed by atoms with Crippen LogP contribution in [-0.4, -0.2) is 23.9 Å². The number of hydrogen-bond acceptors (Lipinski definition) is 3. The van der Waals surface area contributed by atoms with Crippen molar-refractivity contribution >= 4 is 16.3 Å². The number of carbonyl (C=O) groups excluding carboxylic acids is 1. The van der Waals surface area contributed by atoms with Crippen LogP contribution in [0.1, 0.15) is 27.7 Å². The van der Waals surface area contributed by atoms with Gasteiger partial charge in [0, 0.05) is 14.5 Å². The Labute approximate surface area is 146 Å². The summed E-state index contributed by atoms with van der Waals surface area (Å²) in [6.45, 7) is 8.59. The minimum atomic E-state index is -1.88. The quantitative estimate of drug-likeness (QED) is 0.674. The lowest BCUT2D eigenvalue weighted by Crippen LogP contribution is -2.29. The molecule has 0 aliphatic heterocycles. The standard InChI is InChI=1S/C20H26O3S/c1-5-22-19(21)16-23-24(20(2,3)4,17-12-8-6-9-13-17)18-14-10-7-11-15-18/h6-15H,5,16H2,1-4H3. The van der Waals surface area contributed by atoms with Gasteiger partial charge in [0.2, 0.25) is 0 Å². The highest BCUT2D eigenvalue weighted by molar-refractivity contribution is 8.31. The molecule has 0 fully saturated rings. The summed E-state index contributed by atoms with van der Waals surface area (Å²) in [7, 11) is -1.88. The van der Waals surface area contributed by atoms with E-state index in [1.54, 1.807) is 6.92 Å². The van der Waals surface area contributed by atoms with Crippen LogP contribution in [0.4, 0.5) is 0 Å². The normalized spacial score (nSPS) is 12.7. The fourth-order valence-electron chi connectivity index (χ4n) is 2.72. The predicted molar refractivity (Wildman–Crippen MR) is 99.3 cm³/mol. The molecule has 4 heteroatoms. The van der Waals surface area contributed by atoms with Gasteiger partial charge >= 0.3 is 5.97 Å². The molecule has 0 aromatic heterocycles. The summed E-state index contributed by atoms with van der Waals surface area (Å²) in [5.74, 6) is -0.328. The van der Waals surface area contributed by atoms with Gasteiger partial charge in [-0.15, -0.1) is 0 Å². The van der Waals surface area contributed by atoms with Crippen molar-refractivity contribution < 1.29 is 13.7 Å². The molecule has 0 saturated heterocycles. The van der Waals surface area contributed by atoms with E-state index in [0.717, 1.165) is 9.79 Å². The summed E-state index contributed by atoms with van der Waals surface area (Å²) in [5.41, 5.74) is 0. The van der Waals surface area contributed by atoms with Crippen molar-refractivity contribution in [3.8, 4) is 0 Å². The average Bonchev–Trinajstić information content (AvgIpc) is 2.56. The fraction of sp³-hybridized carbons (Fsp3) is 0.350. The molecule has 0 aliphatic rings. The topological polar surface area (TPSA) is 35.5 Å². The molecule has 0 amide bonds. The van der Waals surface area contributed by atoms with Gasteiger partial charge < -0.3 is 8.92 Å². The van der Waals surface area contributed by atoms with E-state index in [1.807, 2.05) is 36.4 Å². The highest BCUT2D eigenvalue weighted by Gasteiger charge is 2.42. The Morgan fingerprint density at radius 3 is 1.75 bits per heavy atom. The van der Waals surface area contributed by atoms with Crippen molar-refractivity contribution in [3.63, 3.8) is 0 Å². The zero-order chi connectivity index (χ0) is 17.6. The zero-order valence-corrected chi connectivity index (χ0v) is 15.6. The molecule has 2 aromatic carbocycles. The first-order valence-electron chi connectivity index (χ1n) is 8.15. The van der Waals surface area contributed by atoms with E-state index in [0.29, 0.717) is 6.61 Å². The summed E-state index contributed by atoms with van der Waals surface area (Å²) >= 11 is 0. The second kappa shape index (κ2) is 7.86. The van der Waals surface area contributed by atoms with Gasteiger partial charge in [0.05, 0.1) is 6.61 Å². The lowest BCUT2D eigenvalue weighted by atomic mass is 10.3. The number of hydrogen-bond donors (Lipinski definition) is 0. The summed E-state index contributed by atoms with van der Waals surface area (Å²) in [5, 5.41) is 0. The summed E-state index contributed by atoms with van der Waals surface area (Å²) in [6, 6.07) is 20.4. The van der Waals surface area contributed by atoms with Crippen LogP contribution >= 0.6 is 10.3 Å². The van der Waals surface area contributed by atoms with Crippen LogP contribution in [-0.2, 0) is 13.7 Å². The van der Waals surface area contributed by atoms with Gasteiger partial charge in [0.15, 0.2) is 6.61 Å². The van der Waals surface area contributed by atoms with Crippen molar-refractivity contribution in [3.05, 3.63) is 60.7 Å². The van der Waals surface area contributed by atoms with E-state index in [9.17, 15) is 4.79 Å². The van der Waals surface area contributed by atoms with Crippen molar-refractivity contribution in [1.82, 2.24) is 0 Å². The van der Waals surface area contributed by atoms with Crippen molar-refractivity contribution in [1.29, 1.82) is 0 Å². The molecule has 2 rings (SSSR count). The van der Waals surface area contributed by atoms with Gasteiger partial charge in [-0.1, -0.05) is 46.7 Å². The molecule has 2 aromatic rings. The van der Waals surface area contributed by atoms with Crippen molar-refractivity contribution in [2.45, 2.75) is 42.2 Å². The van der Waals surface area contributed by atoms with E-state index < -0.39 is 10.3 Å². The summed E-state index contributed by atoms with van der Waals surface area (Å²) in [4.78, 5) is 14.2. The first kappa shape index (κ1) is 18.6. The van der Waals surface area contributed by atoms with Crippen LogP contribution in [0.15, 0.2) is 70.5 Å². The summed E-state index contributed by atoms with van der Waals surface area (Å²) < 4.78 is 11.3. The third-order valence-corrected chi connectivity index (χ3v) is 7.74. The Kier molecular flexibility index (Phi) is 6.08. The van der Waals surface area contributed by atoms with Crippen molar-refractivity contribution in [2.24, 2.45) is 0 Å². The Morgan fingerprint density at radius 2 is 1.38 bits per heavy atom. The molecule has 0 spiro atoms. The Hall–Kier alpha value is -1.78. The maximum absolute atomic E-state index is 11.9. The Morgan fingerprint density at radius 1 is 0.917 bits per heavy atom. The fourth-order valence-corrected chi connectivity index (χ4v) is 6.39. The number of esters is 1. The van der Waals surface area contributed by atoms with E-state index in [1.165, 1.54) is 0 Å². The third kappa shape index (κ3) is 3.82. The number of carbonyl (C=O) groups is 1. The van der Waals surface area contributed by atoms with Gasteiger partial charge in [0.25, 0.3) is 0 Å². The minimum absolute atomic E-state index is 0.0514. The predicted octanol–water partition coefficient (Wildman–Crippen LogP) is 5.20. The molecule has 0 aliphatic carbocycles. The molecular weight excluding hydrogens is 320 g/mol. The van der Waals surface area contributed by atoms with Gasteiger partial charge in [0.1, 0.15) is 0 Å². The third-order valence-electron chi connectivity index (χ3n) is 3.67. The van der Waals surface area contributed by atoms with E-state index in [-0.39, 0.29) is 17.3 Å². The Balaban J connectivity index is 2.55. The van der Waals surface area contributed by atoms with Crippen LogP contribution in [0.25, 0.3) is 0 Å². The molecular formula is C20H26O3S. The molecule has 0 unspecified atom stereocenters. The number of ether oxygens (including phenoxy) is 1. The molecule has 24 heavy (non-hydrogen) atoms. The summed E-state index contributed by atoms with van der Waals surface area (Å²) in [6.07, 6.45) is 0. The Bertz CT molecular complexity index is 608. The first-order valence-corrected chi connectivity index (χ1v) is 9.70. The largest absolute Gasteiger partial charge is 0.464 e. The molecule has 0 radical (unpaired) electrons. The molecule has 0 bridgehead atoms. The molecule has 0 N–H and O–H groups in total. The molecule has 130 valence electrons. The first-order chi connectivity index (χ1) is 11.4. The van der Waals surface area contributed by atoms with Crippen LogP contribution in [0.2, 0.25) is 0 Å². The number of rotatable bonds is 6. The van der Waals surface area contributed by atoms with Gasteiger partial charge in [-0.25, -0.2) is 4.79 Å². The lowest BCUT2D eigenvalue weighted by Gasteiger charge is -2.50. The second-order valence-corrected chi connectivity index (χ2v) is 9.88. The van der Waals surface area contributed by atoms with Crippen LogP contribution in [0.3, 0.4) is 0 Å². The molecule has 3 nitrogen and oxygen atoms in total. The highest BCUT2D eigenvalue weighted by atomic mass is 32.3. The van der Waals surface area contributed by atoms with E-state index in [2.05, 4.69) is 45.0 Å². The highest BCUT2D eigenvalue weighted by Crippen LogP contribution is 2.71. The van der Waals surface area contributed by atoms with Gasteiger partial charge in [-0.05, 0) is 52.0 Å². The molecule has 0 heterocycles. The smallest absolute Gasteiger partial charge is 0.333 e. The second-order valence-electron chi connectivity index (χ2n) is 6.36. The van der Waals surface area contributed by atoms with Crippen molar-refractivity contribution in [2.75, 3.05) is 13.2 Å². The SMILES string of the molecule is CCOC(=O)COS(c1ccccc1)(c1ccccc1)C(C)(C)C. The van der Waals surface area contributed by atoms with Crippen LogP contribution < -0.4 is 0 Å². The molecule has 0 saturated carbocycles. The average molecular weight is 346 g/mol. The van der Waals surface area contributed by atoms with E-state index >= 15 is 0 Å². The van der Waals surface area contributed by atoms with E-state index in [4.69, 9.17) is 8.92 Å². The zero-order valence-electron chi connectivity index (χ0n) is 14.8. The van der Waals surface area contributed by atoms with Gasteiger partial charge in [-0.2, -0.15) is 0 Å². The van der Waals surface area contributed by atoms with Gasteiger partial charge in [-0.3, -0.25) is 0 Å². The number of benzene rings is 2. The maximum atomic E-state index is 11.9. The van der Waals surface area contributed by atoms with Crippen LogP contribution in [0.5, 0.6) is 0 Å². The molecule has 0 atom stereocenters. The van der Waals surface area contributed by atoms with Crippen LogP contribution in [0, 0.1) is 0 Å². The monoisotopic (exact) mass is 346 g/mol. The minimum Gasteiger partial charge on any atom is -0.464 e. The maximum Gasteiger partial charge on any atom is 0.333 e. The lowest BCUT2D eigenvalue weighted by molar-refractivity contribution is -0.145.